The van der Waals surface area contributed by atoms with Crippen LogP contribution < -0.4 is 5.32 Å². The summed E-state index contributed by atoms with van der Waals surface area (Å²) in [7, 11) is 0. The minimum absolute atomic E-state index is 0.0333. The standard InChI is InChI=1S/C21H24ClN3O2S/c22-19-7-6-17(28-19)14-24-9-11-25(12-10-24)20(26)8-5-16-13-15-3-1-2-4-18(15)23-21(16)27/h1-4,6-7,16H,5,8-14H2,(H,23,27). The van der Waals surface area contributed by atoms with E-state index in [9.17, 15) is 9.59 Å². The normalized spacial score (nSPS) is 20.0. The Morgan fingerprint density at radius 2 is 1.93 bits per heavy atom. The van der Waals surface area contributed by atoms with Crippen molar-refractivity contribution in [3.63, 3.8) is 0 Å². The Morgan fingerprint density at radius 1 is 1.14 bits per heavy atom. The van der Waals surface area contributed by atoms with E-state index < -0.39 is 0 Å². The fraction of sp³-hybridized carbons (Fsp3) is 0.429. The van der Waals surface area contributed by atoms with Crippen molar-refractivity contribution in [2.45, 2.75) is 25.8 Å². The number of fused-ring (bicyclic) bond motifs is 1. The van der Waals surface area contributed by atoms with Crippen molar-refractivity contribution in [2.24, 2.45) is 5.92 Å². The Kier molecular flexibility index (Phi) is 5.99. The van der Waals surface area contributed by atoms with E-state index in [1.165, 1.54) is 4.88 Å². The van der Waals surface area contributed by atoms with Crippen LogP contribution in [0.25, 0.3) is 0 Å². The number of amides is 2. The minimum Gasteiger partial charge on any atom is -0.340 e. The zero-order valence-electron chi connectivity index (χ0n) is 15.7. The van der Waals surface area contributed by atoms with Gasteiger partial charge >= 0.3 is 0 Å². The van der Waals surface area contributed by atoms with Crippen LogP contribution in [0.4, 0.5) is 5.69 Å². The van der Waals surface area contributed by atoms with Gasteiger partial charge in [-0.3, -0.25) is 14.5 Å². The maximum atomic E-state index is 12.6. The molecular weight excluding hydrogens is 394 g/mol. The molecule has 0 bridgehead atoms. The fourth-order valence-corrected chi connectivity index (χ4v) is 5.04. The first-order valence-corrected chi connectivity index (χ1v) is 10.9. The second-order valence-corrected chi connectivity index (χ2v) is 9.25. The van der Waals surface area contributed by atoms with Crippen LogP contribution in [0.1, 0.15) is 23.3 Å². The number of rotatable bonds is 5. The van der Waals surface area contributed by atoms with Crippen molar-refractivity contribution in [1.29, 1.82) is 0 Å². The molecule has 1 aromatic heterocycles. The van der Waals surface area contributed by atoms with E-state index in [4.69, 9.17) is 11.6 Å². The molecule has 2 aliphatic rings. The maximum Gasteiger partial charge on any atom is 0.227 e. The van der Waals surface area contributed by atoms with Gasteiger partial charge in [0.25, 0.3) is 0 Å². The molecule has 1 N–H and O–H groups in total. The molecule has 4 rings (SSSR count). The van der Waals surface area contributed by atoms with E-state index in [1.54, 1.807) is 11.3 Å². The van der Waals surface area contributed by atoms with E-state index >= 15 is 0 Å². The third-order valence-corrected chi connectivity index (χ3v) is 6.77. The number of anilines is 1. The van der Waals surface area contributed by atoms with Crippen molar-refractivity contribution in [3.05, 3.63) is 51.2 Å². The summed E-state index contributed by atoms with van der Waals surface area (Å²) in [6, 6.07) is 11.9. The molecular formula is C21H24ClN3O2S. The van der Waals surface area contributed by atoms with Gasteiger partial charge in [-0.05, 0) is 36.6 Å². The number of halogens is 1. The predicted molar refractivity (Wildman–Crippen MR) is 113 cm³/mol. The molecule has 1 unspecified atom stereocenters. The first kappa shape index (κ1) is 19.4. The van der Waals surface area contributed by atoms with E-state index in [1.807, 2.05) is 35.2 Å². The van der Waals surface area contributed by atoms with Crippen LogP contribution in [0.15, 0.2) is 36.4 Å². The molecule has 0 radical (unpaired) electrons. The topological polar surface area (TPSA) is 52.7 Å². The van der Waals surface area contributed by atoms with Gasteiger partial charge in [0.05, 0.1) is 4.34 Å². The van der Waals surface area contributed by atoms with Crippen molar-refractivity contribution in [2.75, 3.05) is 31.5 Å². The summed E-state index contributed by atoms with van der Waals surface area (Å²) >= 11 is 7.61. The third-order valence-electron chi connectivity index (χ3n) is 5.55. The predicted octanol–water partition coefficient (Wildman–Crippen LogP) is 3.64. The number of thiophene rings is 1. The van der Waals surface area contributed by atoms with Gasteiger partial charge in [-0.2, -0.15) is 0 Å². The number of carbonyl (C=O) groups excluding carboxylic acids is 2. The maximum absolute atomic E-state index is 12.6. The van der Waals surface area contributed by atoms with E-state index in [0.29, 0.717) is 19.3 Å². The summed E-state index contributed by atoms with van der Waals surface area (Å²) < 4.78 is 0.818. The van der Waals surface area contributed by atoms with Crippen molar-refractivity contribution in [1.82, 2.24) is 9.80 Å². The molecule has 3 heterocycles. The number of carbonyl (C=O) groups is 2. The summed E-state index contributed by atoms with van der Waals surface area (Å²) in [5, 5.41) is 2.96. The van der Waals surface area contributed by atoms with Crippen LogP contribution in [0.3, 0.4) is 0 Å². The van der Waals surface area contributed by atoms with Crippen LogP contribution in [-0.4, -0.2) is 47.8 Å². The summed E-state index contributed by atoms with van der Waals surface area (Å²) in [5.41, 5.74) is 2.06. The molecule has 0 saturated carbocycles. The van der Waals surface area contributed by atoms with Gasteiger partial charge in [0.2, 0.25) is 11.8 Å². The van der Waals surface area contributed by atoms with Gasteiger partial charge in [0.15, 0.2) is 0 Å². The SMILES string of the molecule is O=C1Nc2ccccc2CC1CCC(=O)N1CCN(Cc2ccc(Cl)s2)CC1. The molecule has 1 atom stereocenters. The van der Waals surface area contributed by atoms with Crippen molar-refractivity contribution < 1.29 is 9.59 Å². The number of nitrogens with zero attached hydrogens (tertiary/aromatic N) is 2. The molecule has 0 aliphatic carbocycles. The average molecular weight is 418 g/mol. The lowest BCUT2D eigenvalue weighted by Gasteiger charge is -2.35. The smallest absolute Gasteiger partial charge is 0.227 e. The molecule has 2 amide bonds. The molecule has 1 fully saturated rings. The van der Waals surface area contributed by atoms with Gasteiger partial charge in [-0.25, -0.2) is 0 Å². The number of piperazine rings is 1. The molecule has 7 heteroatoms. The summed E-state index contributed by atoms with van der Waals surface area (Å²) in [4.78, 5) is 30.5. The molecule has 2 aromatic rings. The number of hydrogen-bond donors (Lipinski definition) is 1. The second-order valence-electron chi connectivity index (χ2n) is 7.45. The quantitative estimate of drug-likeness (QED) is 0.808. The van der Waals surface area contributed by atoms with E-state index in [2.05, 4.69) is 16.3 Å². The third kappa shape index (κ3) is 4.57. The molecule has 0 spiro atoms. The highest BCUT2D eigenvalue weighted by Crippen LogP contribution is 2.28. The Hall–Kier alpha value is -1.89. The highest BCUT2D eigenvalue weighted by Gasteiger charge is 2.28. The summed E-state index contributed by atoms with van der Waals surface area (Å²) in [6.07, 6.45) is 1.75. The van der Waals surface area contributed by atoms with Gasteiger partial charge in [0.1, 0.15) is 0 Å². The van der Waals surface area contributed by atoms with Crippen LogP contribution in [0.2, 0.25) is 4.34 Å². The lowest BCUT2D eigenvalue weighted by molar-refractivity contribution is -0.133. The van der Waals surface area contributed by atoms with Gasteiger partial charge in [-0.1, -0.05) is 29.8 Å². The first-order valence-electron chi connectivity index (χ1n) is 9.71. The molecule has 1 saturated heterocycles. The molecule has 5 nitrogen and oxygen atoms in total. The Morgan fingerprint density at radius 3 is 2.68 bits per heavy atom. The number of hydrogen-bond acceptors (Lipinski definition) is 4. The average Bonchev–Trinajstić information content (AvgIpc) is 3.11. The molecule has 28 heavy (non-hydrogen) atoms. The second kappa shape index (κ2) is 8.64. The minimum atomic E-state index is -0.122. The molecule has 1 aromatic carbocycles. The molecule has 148 valence electrons. The van der Waals surface area contributed by atoms with Crippen molar-refractivity contribution >= 4 is 40.4 Å². The highest BCUT2D eigenvalue weighted by atomic mass is 35.5. The lowest BCUT2D eigenvalue weighted by Crippen LogP contribution is -2.48. The van der Waals surface area contributed by atoms with Crippen LogP contribution >= 0.6 is 22.9 Å². The zero-order chi connectivity index (χ0) is 19.5. The van der Waals surface area contributed by atoms with Crippen LogP contribution in [0.5, 0.6) is 0 Å². The van der Waals surface area contributed by atoms with Gasteiger partial charge in [-0.15, -0.1) is 11.3 Å². The largest absolute Gasteiger partial charge is 0.340 e. The summed E-state index contributed by atoms with van der Waals surface area (Å²) in [6.45, 7) is 4.13. The first-order chi connectivity index (χ1) is 13.6. The zero-order valence-corrected chi connectivity index (χ0v) is 17.3. The molecule has 2 aliphatic heterocycles. The van der Waals surface area contributed by atoms with E-state index in [0.717, 1.165) is 48.3 Å². The number of para-hydroxylation sites is 1. The van der Waals surface area contributed by atoms with E-state index in [-0.39, 0.29) is 17.7 Å². The number of benzene rings is 1. The van der Waals surface area contributed by atoms with Gasteiger partial charge in [0, 0.05) is 55.6 Å². The van der Waals surface area contributed by atoms with Crippen LogP contribution in [-0.2, 0) is 22.6 Å². The Balaban J connectivity index is 1.23. The van der Waals surface area contributed by atoms with Gasteiger partial charge < -0.3 is 10.2 Å². The Labute approximate surface area is 174 Å². The lowest BCUT2D eigenvalue weighted by atomic mass is 9.89. The van der Waals surface area contributed by atoms with Crippen molar-refractivity contribution in [3.8, 4) is 0 Å². The van der Waals surface area contributed by atoms with Crippen LogP contribution in [0, 0.1) is 5.92 Å². The highest BCUT2D eigenvalue weighted by molar-refractivity contribution is 7.16. The number of nitrogens with one attached hydrogen (secondary N) is 1. The summed E-state index contributed by atoms with van der Waals surface area (Å²) in [5.74, 6) is 0.0696. The Bertz CT molecular complexity index is 861. The fourth-order valence-electron chi connectivity index (χ4n) is 3.91. The monoisotopic (exact) mass is 417 g/mol.